The van der Waals surface area contributed by atoms with E-state index >= 15 is 0 Å². The molecule has 1 saturated carbocycles. The molecule has 1 unspecified atom stereocenters. The molecule has 3 nitrogen and oxygen atoms in total. The Kier molecular flexibility index (Phi) is 5.81. The van der Waals surface area contributed by atoms with Crippen LogP contribution in [0.4, 0.5) is 0 Å². The van der Waals surface area contributed by atoms with Gasteiger partial charge in [-0.3, -0.25) is 4.79 Å². The minimum atomic E-state index is -0.147. The van der Waals surface area contributed by atoms with E-state index in [1.54, 1.807) is 0 Å². The van der Waals surface area contributed by atoms with Gasteiger partial charge in [0.2, 0.25) is 0 Å². The highest BCUT2D eigenvalue weighted by atomic mass is 16.5. The van der Waals surface area contributed by atoms with Crippen LogP contribution < -0.4 is 0 Å². The van der Waals surface area contributed by atoms with Crippen molar-refractivity contribution in [2.24, 2.45) is 11.8 Å². The third-order valence-electron chi connectivity index (χ3n) is 3.23. The summed E-state index contributed by atoms with van der Waals surface area (Å²) < 4.78 is 10.7. The second kappa shape index (κ2) is 6.89. The summed E-state index contributed by atoms with van der Waals surface area (Å²) in [4.78, 5) is 11.4. The van der Waals surface area contributed by atoms with Gasteiger partial charge in [0.1, 0.15) is 0 Å². The third kappa shape index (κ3) is 4.52. The van der Waals surface area contributed by atoms with E-state index in [0.717, 1.165) is 18.8 Å². The molecule has 0 radical (unpaired) electrons. The van der Waals surface area contributed by atoms with Crippen molar-refractivity contribution < 1.29 is 14.3 Å². The van der Waals surface area contributed by atoms with Crippen LogP contribution >= 0.6 is 0 Å². The normalized spacial score (nSPS) is 27.4. The van der Waals surface area contributed by atoms with Crippen LogP contribution in [0.2, 0.25) is 0 Å². The van der Waals surface area contributed by atoms with Crippen molar-refractivity contribution in [1.29, 1.82) is 0 Å². The number of rotatable bonds is 5. The molecule has 0 aromatic heterocycles. The first-order chi connectivity index (χ1) is 7.63. The van der Waals surface area contributed by atoms with Crippen LogP contribution in [-0.4, -0.2) is 25.3 Å². The fourth-order valence-electron chi connectivity index (χ4n) is 2.03. The van der Waals surface area contributed by atoms with Crippen molar-refractivity contribution in [3.8, 4) is 0 Å². The molecule has 0 heterocycles. The summed E-state index contributed by atoms with van der Waals surface area (Å²) in [6.45, 7) is 6.93. The molecule has 1 atom stereocenters. The van der Waals surface area contributed by atoms with Gasteiger partial charge in [0, 0.05) is 0 Å². The van der Waals surface area contributed by atoms with E-state index in [2.05, 4.69) is 6.92 Å². The van der Waals surface area contributed by atoms with E-state index in [1.807, 2.05) is 13.8 Å². The van der Waals surface area contributed by atoms with Gasteiger partial charge < -0.3 is 9.47 Å². The molecule has 0 aromatic rings. The fourth-order valence-corrected chi connectivity index (χ4v) is 2.03. The van der Waals surface area contributed by atoms with Crippen molar-refractivity contribution in [2.45, 2.75) is 52.6 Å². The molecular formula is C13H24O3. The van der Waals surface area contributed by atoms with E-state index in [1.165, 1.54) is 12.8 Å². The van der Waals surface area contributed by atoms with Crippen LogP contribution in [0.25, 0.3) is 0 Å². The SMILES string of the molecule is CCOC(=O)C(C)COC1CCC(C)CC1. The zero-order chi connectivity index (χ0) is 12.0. The standard InChI is InChI=1S/C13H24O3/c1-4-15-13(14)11(3)9-16-12-7-5-10(2)6-8-12/h10-12H,4-9H2,1-3H3. The highest BCUT2D eigenvalue weighted by Gasteiger charge is 2.21. The Morgan fingerprint density at radius 2 is 1.94 bits per heavy atom. The Morgan fingerprint density at radius 1 is 1.31 bits per heavy atom. The number of ether oxygens (including phenoxy) is 2. The maximum absolute atomic E-state index is 11.4. The lowest BCUT2D eigenvalue weighted by atomic mass is 9.89. The Morgan fingerprint density at radius 3 is 2.50 bits per heavy atom. The first-order valence-electron chi connectivity index (χ1n) is 6.41. The first kappa shape index (κ1) is 13.5. The number of esters is 1. The largest absolute Gasteiger partial charge is 0.466 e. The van der Waals surface area contributed by atoms with Crippen LogP contribution in [0.5, 0.6) is 0 Å². The van der Waals surface area contributed by atoms with Crippen LogP contribution in [0.15, 0.2) is 0 Å². The van der Waals surface area contributed by atoms with Crippen LogP contribution in [0.3, 0.4) is 0 Å². The monoisotopic (exact) mass is 228 g/mol. The highest BCUT2D eigenvalue weighted by Crippen LogP contribution is 2.25. The number of carbonyl (C=O) groups excluding carboxylic acids is 1. The van der Waals surface area contributed by atoms with Gasteiger partial charge in [-0.15, -0.1) is 0 Å². The second-order valence-corrected chi connectivity index (χ2v) is 4.87. The molecule has 0 spiro atoms. The molecule has 0 amide bonds. The fraction of sp³-hybridized carbons (Fsp3) is 0.923. The number of hydrogen-bond donors (Lipinski definition) is 0. The maximum atomic E-state index is 11.4. The molecule has 94 valence electrons. The second-order valence-electron chi connectivity index (χ2n) is 4.87. The quantitative estimate of drug-likeness (QED) is 0.679. The lowest BCUT2D eigenvalue weighted by Crippen LogP contribution is -2.26. The summed E-state index contributed by atoms with van der Waals surface area (Å²) in [6, 6.07) is 0. The molecule has 1 fully saturated rings. The molecule has 0 aromatic carbocycles. The molecule has 1 aliphatic rings. The summed E-state index contributed by atoms with van der Waals surface area (Å²) in [6.07, 6.45) is 5.12. The summed E-state index contributed by atoms with van der Waals surface area (Å²) in [7, 11) is 0. The highest BCUT2D eigenvalue weighted by molar-refractivity contribution is 5.72. The van der Waals surface area contributed by atoms with E-state index in [9.17, 15) is 4.79 Å². The first-order valence-corrected chi connectivity index (χ1v) is 6.41. The van der Waals surface area contributed by atoms with Crippen molar-refractivity contribution in [3.05, 3.63) is 0 Å². The Labute approximate surface area is 98.5 Å². The summed E-state index contributed by atoms with van der Waals surface area (Å²) in [5.41, 5.74) is 0. The van der Waals surface area contributed by atoms with E-state index in [-0.39, 0.29) is 11.9 Å². The predicted octanol–water partition coefficient (Wildman–Crippen LogP) is 2.78. The van der Waals surface area contributed by atoms with Crippen molar-refractivity contribution >= 4 is 5.97 Å². The Balaban J connectivity index is 2.16. The topological polar surface area (TPSA) is 35.5 Å². The molecule has 0 aliphatic heterocycles. The van der Waals surface area contributed by atoms with Gasteiger partial charge in [-0.05, 0) is 45.4 Å². The molecule has 0 bridgehead atoms. The van der Waals surface area contributed by atoms with Gasteiger partial charge in [-0.2, -0.15) is 0 Å². The third-order valence-corrected chi connectivity index (χ3v) is 3.23. The summed E-state index contributed by atoms with van der Waals surface area (Å²) in [5, 5.41) is 0. The number of carbonyl (C=O) groups is 1. The molecule has 0 N–H and O–H groups in total. The van der Waals surface area contributed by atoms with Gasteiger partial charge in [0.05, 0.1) is 25.2 Å². The van der Waals surface area contributed by atoms with Crippen LogP contribution in [-0.2, 0) is 14.3 Å². The molecule has 1 aliphatic carbocycles. The van der Waals surface area contributed by atoms with E-state index in [0.29, 0.717) is 19.3 Å². The average molecular weight is 228 g/mol. The minimum Gasteiger partial charge on any atom is -0.466 e. The van der Waals surface area contributed by atoms with Crippen LogP contribution in [0.1, 0.15) is 46.5 Å². The smallest absolute Gasteiger partial charge is 0.310 e. The molecule has 3 heteroatoms. The van der Waals surface area contributed by atoms with Gasteiger partial charge in [0.15, 0.2) is 0 Å². The lowest BCUT2D eigenvalue weighted by molar-refractivity contribution is -0.150. The lowest BCUT2D eigenvalue weighted by Gasteiger charge is -2.27. The zero-order valence-electron chi connectivity index (χ0n) is 10.7. The minimum absolute atomic E-state index is 0.140. The number of hydrogen-bond acceptors (Lipinski definition) is 3. The Hall–Kier alpha value is -0.570. The predicted molar refractivity (Wildman–Crippen MR) is 63.2 cm³/mol. The summed E-state index contributed by atoms with van der Waals surface area (Å²) >= 11 is 0. The molecule has 16 heavy (non-hydrogen) atoms. The van der Waals surface area contributed by atoms with Crippen molar-refractivity contribution in [2.75, 3.05) is 13.2 Å². The average Bonchev–Trinajstić information content (AvgIpc) is 2.28. The zero-order valence-corrected chi connectivity index (χ0v) is 10.7. The Bertz CT molecular complexity index is 207. The summed E-state index contributed by atoms with van der Waals surface area (Å²) in [5.74, 6) is 0.549. The maximum Gasteiger partial charge on any atom is 0.310 e. The molecular weight excluding hydrogens is 204 g/mol. The van der Waals surface area contributed by atoms with Gasteiger partial charge in [0.25, 0.3) is 0 Å². The molecule has 1 rings (SSSR count). The van der Waals surface area contributed by atoms with Gasteiger partial charge >= 0.3 is 5.97 Å². The van der Waals surface area contributed by atoms with Crippen molar-refractivity contribution in [3.63, 3.8) is 0 Å². The molecule has 0 saturated heterocycles. The van der Waals surface area contributed by atoms with Crippen molar-refractivity contribution in [1.82, 2.24) is 0 Å². The van der Waals surface area contributed by atoms with E-state index in [4.69, 9.17) is 9.47 Å². The van der Waals surface area contributed by atoms with Crippen LogP contribution in [0, 0.1) is 11.8 Å². The van der Waals surface area contributed by atoms with Gasteiger partial charge in [-0.25, -0.2) is 0 Å². The van der Waals surface area contributed by atoms with Gasteiger partial charge in [-0.1, -0.05) is 6.92 Å². The van der Waals surface area contributed by atoms with E-state index < -0.39 is 0 Å².